The molecule has 4 heteroatoms. The molecule has 1 amide bonds. The van der Waals surface area contributed by atoms with Crippen LogP contribution in [0, 0.1) is 12.3 Å². The molecule has 0 heterocycles. The second-order valence-electron chi connectivity index (χ2n) is 2.49. The zero-order valence-corrected chi connectivity index (χ0v) is 7.28. The third-order valence-electron chi connectivity index (χ3n) is 1.19. The molecule has 0 aliphatic rings. The highest BCUT2D eigenvalue weighted by atomic mass is 16.4. The summed E-state index contributed by atoms with van der Waals surface area (Å²) in [6.07, 6.45) is 7.17. The fourth-order valence-electron chi connectivity index (χ4n) is 0.666. The van der Waals surface area contributed by atoms with Crippen LogP contribution >= 0.6 is 0 Å². The van der Waals surface area contributed by atoms with Gasteiger partial charge in [0.1, 0.15) is 0 Å². The average Bonchev–Trinajstić information content (AvgIpc) is 2.01. The van der Waals surface area contributed by atoms with Gasteiger partial charge in [0.05, 0.1) is 0 Å². The Labute approximate surface area is 76.6 Å². The highest BCUT2D eigenvalue weighted by molar-refractivity contribution is 5.93. The number of hydrogen-bond acceptors (Lipinski definition) is 2. The van der Waals surface area contributed by atoms with E-state index in [2.05, 4.69) is 11.2 Å². The smallest absolute Gasteiger partial charge is 0.328 e. The Kier molecular flexibility index (Phi) is 5.05. The molecule has 0 saturated heterocycles. The molecule has 4 nitrogen and oxygen atoms in total. The normalized spacial score (nSPS) is 12.0. The minimum Gasteiger partial charge on any atom is -0.478 e. The van der Waals surface area contributed by atoms with Crippen molar-refractivity contribution in [3.05, 3.63) is 12.2 Å². The Morgan fingerprint density at radius 1 is 1.62 bits per heavy atom. The molecule has 0 saturated carbocycles. The first-order chi connectivity index (χ1) is 6.06. The maximum Gasteiger partial charge on any atom is 0.328 e. The SMILES string of the molecule is C#CCC(C)NC(=O)/C=C/C(=O)O. The maximum absolute atomic E-state index is 10.9. The Morgan fingerprint density at radius 3 is 2.69 bits per heavy atom. The number of hydrogen-bond donors (Lipinski definition) is 2. The number of nitrogens with one attached hydrogen (secondary N) is 1. The Bertz CT molecular complexity index is 263. The van der Waals surface area contributed by atoms with Crippen molar-refractivity contribution in [2.75, 3.05) is 0 Å². The zero-order chi connectivity index (χ0) is 10.3. The van der Waals surface area contributed by atoms with Gasteiger partial charge in [-0.25, -0.2) is 4.79 Å². The molecule has 13 heavy (non-hydrogen) atoms. The second kappa shape index (κ2) is 5.84. The topological polar surface area (TPSA) is 66.4 Å². The van der Waals surface area contributed by atoms with Gasteiger partial charge in [-0.15, -0.1) is 12.3 Å². The number of terminal acetylenes is 1. The minimum absolute atomic E-state index is 0.143. The molecule has 0 aliphatic heterocycles. The third-order valence-corrected chi connectivity index (χ3v) is 1.19. The number of carbonyl (C=O) groups excluding carboxylic acids is 1. The summed E-state index contributed by atoms with van der Waals surface area (Å²) in [7, 11) is 0. The summed E-state index contributed by atoms with van der Waals surface area (Å²) < 4.78 is 0. The van der Waals surface area contributed by atoms with Gasteiger partial charge in [-0.1, -0.05) is 0 Å². The van der Waals surface area contributed by atoms with Crippen molar-refractivity contribution in [2.45, 2.75) is 19.4 Å². The van der Waals surface area contributed by atoms with Gasteiger partial charge in [0.2, 0.25) is 5.91 Å². The molecule has 0 fully saturated rings. The fourth-order valence-corrected chi connectivity index (χ4v) is 0.666. The molecule has 0 spiro atoms. The molecule has 0 bridgehead atoms. The van der Waals surface area contributed by atoms with Crippen LogP contribution in [0.4, 0.5) is 0 Å². The van der Waals surface area contributed by atoms with Crippen LogP contribution in [0.2, 0.25) is 0 Å². The second-order valence-corrected chi connectivity index (χ2v) is 2.49. The Morgan fingerprint density at radius 2 is 2.23 bits per heavy atom. The van der Waals surface area contributed by atoms with Crippen LogP contribution in [0.3, 0.4) is 0 Å². The quantitative estimate of drug-likeness (QED) is 0.479. The van der Waals surface area contributed by atoms with Gasteiger partial charge in [0.15, 0.2) is 0 Å². The molecular weight excluding hydrogens is 170 g/mol. The van der Waals surface area contributed by atoms with Crippen LogP contribution < -0.4 is 5.32 Å². The standard InChI is InChI=1S/C9H11NO3/c1-3-4-7(2)10-8(11)5-6-9(12)13/h1,5-7H,4H2,2H3,(H,10,11)(H,12,13)/b6-5+. The van der Waals surface area contributed by atoms with Gasteiger partial charge < -0.3 is 10.4 Å². The number of rotatable bonds is 4. The van der Waals surface area contributed by atoms with E-state index in [1.807, 2.05) is 0 Å². The van der Waals surface area contributed by atoms with Crippen molar-refractivity contribution >= 4 is 11.9 Å². The van der Waals surface area contributed by atoms with Gasteiger partial charge in [-0.3, -0.25) is 4.79 Å². The molecule has 1 unspecified atom stereocenters. The van der Waals surface area contributed by atoms with E-state index in [0.29, 0.717) is 6.42 Å². The predicted molar refractivity (Wildman–Crippen MR) is 47.8 cm³/mol. The van der Waals surface area contributed by atoms with Gasteiger partial charge in [-0.2, -0.15) is 0 Å². The highest BCUT2D eigenvalue weighted by Crippen LogP contribution is 1.87. The summed E-state index contributed by atoms with van der Waals surface area (Å²) >= 11 is 0. The molecule has 0 aromatic carbocycles. The largest absolute Gasteiger partial charge is 0.478 e. The van der Waals surface area contributed by atoms with Gasteiger partial charge in [-0.05, 0) is 6.92 Å². The molecule has 0 aromatic heterocycles. The molecule has 1 atom stereocenters. The Balaban J connectivity index is 3.88. The number of carboxylic acid groups (broad SMARTS) is 1. The van der Waals surface area contributed by atoms with Crippen molar-refractivity contribution in [1.29, 1.82) is 0 Å². The molecule has 0 rings (SSSR count). The first-order valence-corrected chi connectivity index (χ1v) is 3.71. The summed E-state index contributed by atoms with van der Waals surface area (Å²) in [6.45, 7) is 1.74. The molecular formula is C9H11NO3. The molecule has 70 valence electrons. The van der Waals surface area contributed by atoms with Crippen LogP contribution in [0.5, 0.6) is 0 Å². The van der Waals surface area contributed by atoms with E-state index in [-0.39, 0.29) is 6.04 Å². The van der Waals surface area contributed by atoms with Gasteiger partial charge in [0.25, 0.3) is 0 Å². The van der Waals surface area contributed by atoms with Crippen molar-refractivity contribution in [3.63, 3.8) is 0 Å². The van der Waals surface area contributed by atoms with Gasteiger partial charge in [0, 0.05) is 24.6 Å². The number of carbonyl (C=O) groups is 2. The minimum atomic E-state index is -1.15. The van der Waals surface area contributed by atoms with E-state index in [4.69, 9.17) is 11.5 Å². The fraction of sp³-hybridized carbons (Fsp3) is 0.333. The summed E-state index contributed by atoms with van der Waals surface area (Å²) in [6, 6.07) is -0.143. The Hall–Kier alpha value is -1.76. The van der Waals surface area contributed by atoms with E-state index < -0.39 is 11.9 Å². The first kappa shape index (κ1) is 11.2. The summed E-state index contributed by atoms with van der Waals surface area (Å²) in [5, 5.41) is 10.7. The number of aliphatic carboxylic acids is 1. The number of carboxylic acids is 1. The van der Waals surface area contributed by atoms with E-state index in [1.54, 1.807) is 6.92 Å². The van der Waals surface area contributed by atoms with Crippen LogP contribution in [0.25, 0.3) is 0 Å². The molecule has 0 radical (unpaired) electrons. The van der Waals surface area contributed by atoms with Gasteiger partial charge >= 0.3 is 5.97 Å². The van der Waals surface area contributed by atoms with Crippen molar-refractivity contribution in [2.24, 2.45) is 0 Å². The lowest BCUT2D eigenvalue weighted by Crippen LogP contribution is -2.30. The van der Waals surface area contributed by atoms with E-state index in [9.17, 15) is 9.59 Å². The van der Waals surface area contributed by atoms with Crippen molar-refractivity contribution in [3.8, 4) is 12.3 Å². The third kappa shape index (κ3) is 6.63. The lowest BCUT2D eigenvalue weighted by Gasteiger charge is -2.07. The lowest BCUT2D eigenvalue weighted by atomic mass is 10.2. The summed E-state index contributed by atoms with van der Waals surface area (Å²) in [5.41, 5.74) is 0. The molecule has 0 aliphatic carbocycles. The van der Waals surface area contributed by atoms with E-state index >= 15 is 0 Å². The van der Waals surface area contributed by atoms with E-state index in [0.717, 1.165) is 12.2 Å². The highest BCUT2D eigenvalue weighted by Gasteiger charge is 2.02. The van der Waals surface area contributed by atoms with Crippen LogP contribution in [-0.4, -0.2) is 23.0 Å². The van der Waals surface area contributed by atoms with Crippen LogP contribution in [0.1, 0.15) is 13.3 Å². The molecule has 2 N–H and O–H groups in total. The molecule has 0 aromatic rings. The lowest BCUT2D eigenvalue weighted by molar-refractivity contribution is -0.131. The summed E-state index contributed by atoms with van der Waals surface area (Å²) in [4.78, 5) is 20.9. The maximum atomic E-state index is 10.9. The summed E-state index contributed by atoms with van der Waals surface area (Å²) in [5.74, 6) is 0.776. The first-order valence-electron chi connectivity index (χ1n) is 3.71. The van der Waals surface area contributed by atoms with E-state index in [1.165, 1.54) is 0 Å². The van der Waals surface area contributed by atoms with Crippen molar-refractivity contribution in [1.82, 2.24) is 5.32 Å². The monoisotopic (exact) mass is 181 g/mol. The predicted octanol–water partition coefficient (Wildman–Crippen LogP) is 0.155. The van der Waals surface area contributed by atoms with Crippen molar-refractivity contribution < 1.29 is 14.7 Å². The average molecular weight is 181 g/mol. The van der Waals surface area contributed by atoms with Crippen LogP contribution in [-0.2, 0) is 9.59 Å². The zero-order valence-electron chi connectivity index (χ0n) is 7.28. The number of amides is 1. The van der Waals surface area contributed by atoms with Crippen LogP contribution in [0.15, 0.2) is 12.2 Å².